The minimum absolute atomic E-state index is 0.439. The predicted molar refractivity (Wildman–Crippen MR) is 97.0 cm³/mol. The molecule has 0 bridgehead atoms. The molecule has 0 fully saturated rings. The minimum atomic E-state index is -2.09. The lowest BCUT2D eigenvalue weighted by Crippen LogP contribution is -1.98. The molecular weight excluding hydrogens is 332 g/mol. The van der Waals surface area contributed by atoms with Crippen LogP contribution in [0.2, 0.25) is 0 Å². The van der Waals surface area contributed by atoms with E-state index in [2.05, 4.69) is 18.7 Å². The Kier molecular flexibility index (Phi) is 18.5. The zero-order valence-corrected chi connectivity index (χ0v) is 16.7. The highest BCUT2D eigenvalue weighted by molar-refractivity contribution is 7.53. The van der Waals surface area contributed by atoms with Gasteiger partial charge in [0.1, 0.15) is 13.2 Å². The Morgan fingerprint density at radius 2 is 0.957 bits per heavy atom. The summed E-state index contributed by atoms with van der Waals surface area (Å²) >= 11 is 0. The van der Waals surface area contributed by atoms with Crippen LogP contribution in [0, 0.1) is 0 Å². The maximum absolute atomic E-state index is 11.5. The fraction of sp³-hybridized carbons (Fsp3) is 1.00. The maximum Gasteiger partial charge on any atom is 0.659 e. The fourth-order valence-electron chi connectivity index (χ4n) is 2.18. The molecule has 0 aliphatic carbocycles. The monoisotopic (exact) mass is 367 g/mol. The van der Waals surface area contributed by atoms with Crippen molar-refractivity contribution in [3.63, 3.8) is 0 Å². The van der Waals surface area contributed by atoms with Crippen molar-refractivity contribution < 1.29 is 18.2 Å². The van der Waals surface area contributed by atoms with Gasteiger partial charge in [-0.1, -0.05) is 78.1 Å². The van der Waals surface area contributed by atoms with E-state index >= 15 is 0 Å². The highest BCUT2D eigenvalue weighted by Gasteiger charge is 2.34. The van der Waals surface area contributed by atoms with Gasteiger partial charge in [-0.05, 0) is 22.0 Å². The summed E-state index contributed by atoms with van der Waals surface area (Å²) in [5.74, 6) is 0. The van der Waals surface area contributed by atoms with Crippen LogP contribution in [0.3, 0.4) is 0 Å². The van der Waals surface area contributed by atoms with Gasteiger partial charge in [-0.3, -0.25) is 0 Å². The average Bonchev–Trinajstić information content (AvgIpc) is 2.53. The quantitative estimate of drug-likeness (QED) is 0.217. The summed E-state index contributed by atoms with van der Waals surface area (Å²) in [6.45, 7) is 5.26. The average molecular weight is 367 g/mol. The first-order valence-electron chi connectivity index (χ1n) is 9.17. The lowest BCUT2D eigenvalue weighted by Gasteiger charge is -1.97. The summed E-state index contributed by atoms with van der Waals surface area (Å²) in [5, 5.41) is 0. The Morgan fingerprint density at radius 3 is 1.35 bits per heavy atom. The van der Waals surface area contributed by atoms with Gasteiger partial charge in [-0.15, -0.1) is 9.05 Å². The Morgan fingerprint density at radius 1 is 0.609 bits per heavy atom. The largest absolute Gasteiger partial charge is 0.659 e. The summed E-state index contributed by atoms with van der Waals surface area (Å²) in [6, 6.07) is 0. The molecule has 0 aromatic carbocycles. The highest BCUT2D eigenvalue weighted by atomic mass is 31.2. The summed E-state index contributed by atoms with van der Waals surface area (Å²) in [5.41, 5.74) is 0. The lowest BCUT2D eigenvalue weighted by molar-refractivity contribution is 0.301. The van der Waals surface area contributed by atoms with Crippen molar-refractivity contribution in [3.8, 4) is 0 Å². The molecule has 7 heteroatoms. The molecule has 0 spiro atoms. The summed E-state index contributed by atoms with van der Waals surface area (Å²) in [6.07, 6.45) is 13.8. The molecule has 0 aromatic heterocycles. The fourth-order valence-corrected chi connectivity index (χ4v) is 3.77. The molecule has 136 valence electrons. The Balaban J connectivity index is 3.36. The second-order valence-electron chi connectivity index (χ2n) is 5.82. The normalized spacial score (nSPS) is 12.4. The van der Waals surface area contributed by atoms with E-state index in [0.29, 0.717) is 13.2 Å². The molecule has 2 unspecified atom stereocenters. The van der Waals surface area contributed by atoms with Crippen LogP contribution in [0.5, 0.6) is 0 Å². The Bertz CT molecular complexity index is 276. The van der Waals surface area contributed by atoms with E-state index in [9.17, 15) is 9.13 Å². The molecule has 2 atom stereocenters. The lowest BCUT2D eigenvalue weighted by atomic mass is 10.1. The van der Waals surface area contributed by atoms with Gasteiger partial charge in [0.05, 0.1) is 0 Å². The number of unbranched alkanes of at least 4 members (excludes halogenated alkanes) is 10. The summed E-state index contributed by atoms with van der Waals surface area (Å²) < 4.78 is 33.3. The molecule has 0 saturated heterocycles. The first kappa shape index (κ1) is 23.1. The third-order valence-electron chi connectivity index (χ3n) is 3.58. The topological polar surface area (TPSA) is 64.6 Å². The highest BCUT2D eigenvalue weighted by Crippen LogP contribution is 2.30. The van der Waals surface area contributed by atoms with Crippen LogP contribution in [0.15, 0.2) is 0 Å². The minimum Gasteiger partial charge on any atom is -0.127 e. The van der Waals surface area contributed by atoms with Gasteiger partial charge in [0.25, 0.3) is 0 Å². The number of hydrogen-bond acceptors (Lipinski definition) is 4. The van der Waals surface area contributed by atoms with Gasteiger partial charge in [0.15, 0.2) is 4.86 Å². The molecule has 1 N–H and O–H groups in total. The molecule has 0 aliphatic rings. The van der Waals surface area contributed by atoms with E-state index in [0.717, 1.165) is 25.7 Å². The van der Waals surface area contributed by atoms with Crippen LogP contribution < -0.4 is 4.86 Å². The van der Waals surface area contributed by atoms with E-state index in [-0.39, 0.29) is 0 Å². The van der Waals surface area contributed by atoms with Crippen molar-refractivity contribution in [3.05, 3.63) is 0 Å². The van der Waals surface area contributed by atoms with Crippen molar-refractivity contribution >= 4 is 16.4 Å². The van der Waals surface area contributed by atoms with Gasteiger partial charge < -0.3 is 0 Å². The second-order valence-corrected chi connectivity index (χ2v) is 8.16. The van der Waals surface area contributed by atoms with Gasteiger partial charge in [-0.2, -0.15) is 0 Å². The van der Waals surface area contributed by atoms with Crippen LogP contribution in [0.4, 0.5) is 0 Å². The van der Waals surface area contributed by atoms with Crippen molar-refractivity contribution in [2.45, 2.75) is 90.9 Å². The molecule has 5 nitrogen and oxygen atoms in total. The SMILES string of the molecule is CCCCCCCCO[P+](=O)N[P+](=O)OCCCCCCCC. The molecule has 0 rings (SSSR count). The van der Waals surface area contributed by atoms with E-state index in [1.165, 1.54) is 51.4 Å². The molecule has 0 radical (unpaired) electrons. The molecule has 0 heterocycles. The smallest absolute Gasteiger partial charge is 0.127 e. The summed E-state index contributed by atoms with van der Waals surface area (Å²) in [7, 11) is -4.18. The Labute approximate surface area is 144 Å². The van der Waals surface area contributed by atoms with Crippen molar-refractivity contribution in [2.24, 2.45) is 0 Å². The van der Waals surface area contributed by atoms with Crippen LogP contribution in [0.25, 0.3) is 0 Å². The van der Waals surface area contributed by atoms with E-state index in [4.69, 9.17) is 9.05 Å². The van der Waals surface area contributed by atoms with Gasteiger partial charge in [0, 0.05) is 0 Å². The molecule has 23 heavy (non-hydrogen) atoms. The van der Waals surface area contributed by atoms with E-state index in [1.807, 2.05) is 0 Å². The van der Waals surface area contributed by atoms with Crippen molar-refractivity contribution in [1.29, 1.82) is 0 Å². The number of hydrogen-bond donors (Lipinski definition) is 1. The first-order valence-corrected chi connectivity index (χ1v) is 11.5. The van der Waals surface area contributed by atoms with E-state index in [1.54, 1.807) is 0 Å². The number of rotatable bonds is 18. The van der Waals surface area contributed by atoms with Crippen LogP contribution >= 0.6 is 16.4 Å². The standard InChI is InChI=1S/C16H35NO4P2/c1-3-5-7-9-11-13-15-20-22(18)17-23(19)21-16-14-12-10-8-6-4-2/h3-16H2,1-2H3,(H,17,18,19)/q+2. The molecule has 0 aromatic rings. The maximum atomic E-state index is 11.5. The zero-order chi connectivity index (χ0) is 17.2. The van der Waals surface area contributed by atoms with Crippen LogP contribution in [-0.4, -0.2) is 13.2 Å². The molecular formula is C16H35NO4P2+2. The predicted octanol–water partition coefficient (Wildman–Crippen LogP) is 6.65. The second kappa shape index (κ2) is 18.4. The third kappa shape index (κ3) is 18.3. The molecule has 0 aliphatic heterocycles. The molecule has 0 saturated carbocycles. The van der Waals surface area contributed by atoms with Crippen LogP contribution in [0.1, 0.15) is 90.9 Å². The van der Waals surface area contributed by atoms with Crippen LogP contribution in [-0.2, 0) is 18.2 Å². The van der Waals surface area contributed by atoms with E-state index < -0.39 is 16.4 Å². The molecule has 0 amide bonds. The third-order valence-corrected chi connectivity index (χ3v) is 5.72. The number of nitrogens with one attached hydrogen (secondary N) is 1. The van der Waals surface area contributed by atoms with Crippen molar-refractivity contribution in [1.82, 2.24) is 4.86 Å². The van der Waals surface area contributed by atoms with Gasteiger partial charge >= 0.3 is 16.4 Å². The van der Waals surface area contributed by atoms with Gasteiger partial charge in [-0.25, -0.2) is 0 Å². The van der Waals surface area contributed by atoms with Gasteiger partial charge in [0.2, 0.25) is 0 Å². The first-order chi connectivity index (χ1) is 11.2. The zero-order valence-electron chi connectivity index (χ0n) is 14.9. The summed E-state index contributed by atoms with van der Waals surface area (Å²) in [4.78, 5) is 2.38. The van der Waals surface area contributed by atoms with Crippen molar-refractivity contribution in [2.75, 3.05) is 13.2 Å². The Hall–Kier alpha value is 0.0800.